The highest BCUT2D eigenvalue weighted by atomic mass is 16.2. The van der Waals surface area contributed by atoms with Gasteiger partial charge in [-0.15, -0.1) is 0 Å². The highest BCUT2D eigenvalue weighted by Gasteiger charge is 2.33. The number of nitrogens with zero attached hydrogens (tertiary/aromatic N) is 5. The van der Waals surface area contributed by atoms with Crippen LogP contribution < -0.4 is 4.90 Å². The van der Waals surface area contributed by atoms with Crippen LogP contribution in [-0.2, 0) is 4.79 Å². The number of amides is 1. The van der Waals surface area contributed by atoms with Crippen LogP contribution in [0.3, 0.4) is 0 Å². The van der Waals surface area contributed by atoms with Gasteiger partial charge in [0, 0.05) is 35.8 Å². The van der Waals surface area contributed by atoms with Crippen LogP contribution in [0.1, 0.15) is 26.9 Å². The summed E-state index contributed by atoms with van der Waals surface area (Å²) >= 11 is 0. The summed E-state index contributed by atoms with van der Waals surface area (Å²) in [6, 6.07) is -1.63. The standard InChI is InChI=1S/C16H20N6O/c1-11-5-7-22(14(23)8-17-2)9-13(11)21(3)16-12-4-6-18-15(12)19-10-20-16/h4,6,10-11,13H,5,7-9H2,1,3H3,(H,18,19,20)/t11-,13+/m1/s1/i1D3,5D2,7D2,9D2,13D. The molecule has 3 rings (SSSR count). The molecule has 1 aliphatic rings. The number of aromatic amines is 1. The Hall–Kier alpha value is -2.62. The Morgan fingerprint density at radius 3 is 3.39 bits per heavy atom. The van der Waals surface area contributed by atoms with Crippen LogP contribution in [0, 0.1) is 12.5 Å². The molecule has 7 heteroatoms. The topological polar surface area (TPSA) is 69.5 Å². The smallest absolute Gasteiger partial charge is 0.302 e. The highest BCUT2D eigenvalue weighted by molar-refractivity contribution is 5.87. The van der Waals surface area contributed by atoms with Crippen molar-refractivity contribution in [3.8, 4) is 0 Å². The van der Waals surface area contributed by atoms with Gasteiger partial charge in [0.25, 0.3) is 6.54 Å². The van der Waals surface area contributed by atoms with Crippen LogP contribution in [0.25, 0.3) is 15.9 Å². The minimum atomic E-state index is -3.50. The Kier molecular flexibility index (Phi) is 1.98. The van der Waals surface area contributed by atoms with Crippen molar-refractivity contribution < 1.29 is 18.5 Å². The number of likely N-dealkylation sites (tertiary alicyclic amines) is 1. The van der Waals surface area contributed by atoms with Crippen LogP contribution in [0.2, 0.25) is 0 Å². The van der Waals surface area contributed by atoms with Crippen molar-refractivity contribution in [2.45, 2.75) is 19.2 Å². The molecule has 1 saturated heterocycles. The van der Waals surface area contributed by atoms with E-state index in [9.17, 15) is 4.79 Å². The van der Waals surface area contributed by atoms with Gasteiger partial charge in [-0.2, -0.15) is 0 Å². The van der Waals surface area contributed by atoms with Crippen molar-refractivity contribution in [3.63, 3.8) is 0 Å². The van der Waals surface area contributed by atoms with Gasteiger partial charge < -0.3 is 19.6 Å². The van der Waals surface area contributed by atoms with Gasteiger partial charge in [0.15, 0.2) is 0 Å². The summed E-state index contributed by atoms with van der Waals surface area (Å²) in [6.45, 7) is -4.42. The van der Waals surface area contributed by atoms with Crippen molar-refractivity contribution in [1.29, 1.82) is 0 Å². The average Bonchev–Trinajstić information content (AvgIpc) is 3.13. The van der Waals surface area contributed by atoms with Gasteiger partial charge in [0.2, 0.25) is 0 Å². The van der Waals surface area contributed by atoms with E-state index in [1.807, 2.05) is 0 Å². The second-order valence-corrected chi connectivity index (χ2v) is 4.73. The molecule has 2 aromatic heterocycles. The fraction of sp³-hybridized carbons (Fsp3) is 0.500. The largest absolute Gasteiger partial charge is 0.354 e. The number of anilines is 1. The van der Waals surface area contributed by atoms with Gasteiger partial charge in [0.05, 0.1) is 15.5 Å². The van der Waals surface area contributed by atoms with Crippen molar-refractivity contribution >= 4 is 22.8 Å². The second-order valence-electron chi connectivity index (χ2n) is 4.73. The molecular weight excluding hydrogens is 292 g/mol. The summed E-state index contributed by atoms with van der Waals surface area (Å²) in [4.78, 5) is 27.0. The van der Waals surface area contributed by atoms with E-state index in [0.29, 0.717) is 0 Å². The zero-order chi connectivity index (χ0) is 25.2. The fourth-order valence-electron chi connectivity index (χ4n) is 2.18. The maximum Gasteiger partial charge on any atom is 0.302 e. The molecule has 23 heavy (non-hydrogen) atoms. The Morgan fingerprint density at radius 2 is 2.61 bits per heavy atom. The molecule has 0 unspecified atom stereocenters. The maximum absolute atomic E-state index is 12.7. The van der Waals surface area contributed by atoms with Gasteiger partial charge in [-0.3, -0.25) is 4.79 Å². The third-order valence-electron chi connectivity index (χ3n) is 3.30. The molecule has 0 spiro atoms. The summed E-state index contributed by atoms with van der Waals surface area (Å²) < 4.78 is 83.7. The molecule has 0 aliphatic carbocycles. The number of hydrogen-bond acceptors (Lipinski definition) is 4. The maximum atomic E-state index is 12.7. The van der Waals surface area contributed by atoms with E-state index in [4.69, 9.17) is 20.3 Å². The Bertz CT molecular complexity index is 1120. The van der Waals surface area contributed by atoms with Gasteiger partial charge in [-0.05, 0) is 18.4 Å². The zero-order valence-electron chi connectivity index (χ0n) is 22.2. The van der Waals surface area contributed by atoms with E-state index in [1.165, 1.54) is 12.3 Å². The summed E-state index contributed by atoms with van der Waals surface area (Å²) in [5, 5.41) is 0.264. The fourth-order valence-corrected chi connectivity index (χ4v) is 2.18. The van der Waals surface area contributed by atoms with Crippen LogP contribution in [0.4, 0.5) is 5.82 Å². The molecule has 1 amide bonds. The monoisotopic (exact) mass is 322 g/mol. The first-order chi connectivity index (χ1) is 15.0. The summed E-state index contributed by atoms with van der Waals surface area (Å²) in [5.74, 6) is -4.15. The SMILES string of the molecule is [2H]C([2H])([2H])[C@@H]1C([2H])([2H])C([2H])([2H])N(C(=O)C[N+]#[C-])C([2H])([2H])[C@]1([2H])N(C)c1ncnc2[nH]ccc12. The van der Waals surface area contributed by atoms with Crippen LogP contribution in [0.15, 0.2) is 18.6 Å². The third-order valence-corrected chi connectivity index (χ3v) is 3.30. The lowest BCUT2D eigenvalue weighted by atomic mass is 9.92. The molecule has 1 fully saturated rings. The molecule has 1 aliphatic heterocycles. The molecule has 1 N–H and O–H groups in total. The number of rotatable bonds is 3. The van der Waals surface area contributed by atoms with Crippen LogP contribution in [-0.4, -0.2) is 58.4 Å². The van der Waals surface area contributed by atoms with Crippen molar-refractivity contribution in [3.05, 3.63) is 30.0 Å². The summed E-state index contributed by atoms with van der Waals surface area (Å²) in [6.07, 6.45) is -0.887. The summed E-state index contributed by atoms with van der Waals surface area (Å²) in [7, 11) is 1.12. The van der Waals surface area contributed by atoms with Gasteiger partial charge in [-0.1, -0.05) is 6.85 Å². The lowest BCUT2D eigenvalue weighted by Gasteiger charge is -2.41. The molecule has 0 bridgehead atoms. The molecule has 7 nitrogen and oxygen atoms in total. The van der Waals surface area contributed by atoms with Crippen molar-refractivity contribution in [2.24, 2.45) is 5.92 Å². The molecule has 0 aromatic carbocycles. The van der Waals surface area contributed by atoms with Crippen LogP contribution in [0.5, 0.6) is 0 Å². The van der Waals surface area contributed by atoms with Crippen LogP contribution >= 0.6 is 0 Å². The van der Waals surface area contributed by atoms with E-state index >= 15 is 0 Å². The normalized spacial score (nSPS) is 37.9. The second kappa shape index (κ2) is 6.24. The Morgan fingerprint density at radius 1 is 1.74 bits per heavy atom. The van der Waals surface area contributed by atoms with E-state index in [-0.39, 0.29) is 21.8 Å². The number of carbonyl (C=O) groups is 1. The quantitative estimate of drug-likeness (QED) is 0.871. The molecule has 2 aromatic rings. The first-order valence-corrected chi connectivity index (χ1v) is 6.65. The molecule has 3 heterocycles. The molecule has 0 saturated carbocycles. The first-order valence-electron chi connectivity index (χ1n) is 11.7. The van der Waals surface area contributed by atoms with E-state index < -0.39 is 50.6 Å². The lowest BCUT2D eigenvalue weighted by Crippen LogP contribution is -2.53. The zero-order valence-corrected chi connectivity index (χ0v) is 12.2. The minimum absolute atomic E-state index is 0.134. The first kappa shape index (κ1) is 7.30. The Balaban J connectivity index is 2.39. The number of piperidine rings is 1. The number of fused-ring (bicyclic) bond motifs is 1. The molecule has 120 valence electrons. The number of carbonyl (C=O) groups excluding carboxylic acids is 1. The molecular formula is C16H20N6O. The predicted octanol–water partition coefficient (Wildman–Crippen LogP) is 1.55. The lowest BCUT2D eigenvalue weighted by molar-refractivity contribution is -0.130. The summed E-state index contributed by atoms with van der Waals surface area (Å²) in [5.41, 5.74) is 0.275. The number of H-pyrrole nitrogens is 1. The molecule has 2 atom stereocenters. The van der Waals surface area contributed by atoms with Crippen molar-refractivity contribution in [2.75, 3.05) is 31.5 Å². The number of aromatic nitrogens is 3. The van der Waals surface area contributed by atoms with Gasteiger partial charge in [-0.25, -0.2) is 16.5 Å². The Labute approximate surface area is 149 Å². The van der Waals surface area contributed by atoms with E-state index in [0.717, 1.165) is 18.3 Å². The minimum Gasteiger partial charge on any atom is -0.354 e. The van der Waals surface area contributed by atoms with Crippen molar-refractivity contribution in [1.82, 2.24) is 19.9 Å². The highest BCUT2D eigenvalue weighted by Crippen LogP contribution is 2.28. The van der Waals surface area contributed by atoms with Gasteiger partial charge >= 0.3 is 5.91 Å². The predicted molar refractivity (Wildman–Crippen MR) is 87.9 cm³/mol. The average molecular weight is 322 g/mol. The third kappa shape index (κ3) is 2.84. The number of likely N-dealkylation sites (N-methyl/N-ethyl adjacent to an activating group) is 1. The van der Waals surface area contributed by atoms with Gasteiger partial charge in [0.1, 0.15) is 17.8 Å². The molecule has 0 radical (unpaired) electrons. The van der Waals surface area contributed by atoms with E-state index in [2.05, 4.69) is 19.8 Å². The number of nitrogens with one attached hydrogen (secondary N) is 1. The van der Waals surface area contributed by atoms with E-state index in [1.54, 1.807) is 0 Å². The number of hydrogen-bond donors (Lipinski definition) is 1.